The van der Waals surface area contributed by atoms with Crippen molar-refractivity contribution in [2.45, 2.75) is 6.54 Å². The molecule has 1 amide bonds. The lowest BCUT2D eigenvalue weighted by molar-refractivity contribution is -0.137. The van der Waals surface area contributed by atoms with Gasteiger partial charge in [0.2, 0.25) is 5.91 Å². The van der Waals surface area contributed by atoms with E-state index in [2.05, 4.69) is 0 Å². The van der Waals surface area contributed by atoms with Crippen LogP contribution < -0.4 is 5.73 Å². The van der Waals surface area contributed by atoms with E-state index in [0.717, 1.165) is 21.4 Å². The molecule has 0 aromatic heterocycles. The fourth-order valence-corrected chi connectivity index (χ4v) is 1.78. The second-order valence-electron chi connectivity index (χ2n) is 3.97. The summed E-state index contributed by atoms with van der Waals surface area (Å²) in [6.45, 7) is 0.126. The van der Waals surface area contributed by atoms with E-state index in [1.165, 1.54) is 0 Å². The molecule has 0 heterocycles. The van der Waals surface area contributed by atoms with Gasteiger partial charge in [-0.3, -0.25) is 4.79 Å². The molecule has 2 aromatic carbocycles. The summed E-state index contributed by atoms with van der Waals surface area (Å²) < 4.78 is 0. The lowest BCUT2D eigenvalue weighted by Gasteiger charge is -2.12. The predicted octanol–water partition coefficient (Wildman–Crippen LogP) is 1.52. The van der Waals surface area contributed by atoms with E-state index < -0.39 is 5.91 Å². The number of fused-ring (bicyclic) bond motifs is 1. The van der Waals surface area contributed by atoms with Gasteiger partial charge in [0.1, 0.15) is 6.54 Å². The SMILES string of the molecule is NC(=O)CN(O)Cc1ccc2ccccc2c1. The number of carbonyl (C=O) groups is 1. The van der Waals surface area contributed by atoms with Crippen molar-refractivity contribution >= 4 is 16.7 Å². The third-order valence-electron chi connectivity index (χ3n) is 2.52. The molecular formula is C13H14N2O2. The van der Waals surface area contributed by atoms with Crippen molar-refractivity contribution in [3.63, 3.8) is 0 Å². The Labute approximate surface area is 99.2 Å². The molecule has 0 aliphatic carbocycles. The first-order valence-electron chi connectivity index (χ1n) is 5.35. The van der Waals surface area contributed by atoms with Crippen molar-refractivity contribution in [3.8, 4) is 0 Å². The van der Waals surface area contributed by atoms with Gasteiger partial charge in [0, 0.05) is 6.54 Å². The lowest BCUT2D eigenvalue weighted by atomic mass is 10.1. The van der Waals surface area contributed by atoms with Crippen molar-refractivity contribution in [2.75, 3.05) is 6.54 Å². The molecule has 3 N–H and O–H groups in total. The largest absolute Gasteiger partial charge is 0.368 e. The summed E-state index contributed by atoms with van der Waals surface area (Å²) in [4.78, 5) is 10.6. The van der Waals surface area contributed by atoms with Gasteiger partial charge in [-0.1, -0.05) is 36.4 Å². The molecule has 0 aliphatic heterocycles. The highest BCUT2D eigenvalue weighted by atomic mass is 16.5. The van der Waals surface area contributed by atoms with E-state index in [0.29, 0.717) is 0 Å². The Kier molecular flexibility index (Phi) is 3.37. The van der Waals surface area contributed by atoms with Gasteiger partial charge in [0.05, 0.1) is 0 Å². The molecular weight excluding hydrogens is 216 g/mol. The van der Waals surface area contributed by atoms with Gasteiger partial charge in [-0.25, -0.2) is 0 Å². The summed E-state index contributed by atoms with van der Waals surface area (Å²) >= 11 is 0. The Bertz CT molecular complexity index is 540. The van der Waals surface area contributed by atoms with Crippen LogP contribution in [0.2, 0.25) is 0 Å². The van der Waals surface area contributed by atoms with Gasteiger partial charge < -0.3 is 10.9 Å². The zero-order valence-electron chi connectivity index (χ0n) is 9.34. The molecule has 4 nitrogen and oxygen atoms in total. The third-order valence-corrected chi connectivity index (χ3v) is 2.52. The van der Waals surface area contributed by atoms with Crippen molar-refractivity contribution in [1.82, 2.24) is 5.06 Å². The highest BCUT2D eigenvalue weighted by Gasteiger charge is 2.05. The van der Waals surface area contributed by atoms with E-state index in [-0.39, 0.29) is 13.1 Å². The summed E-state index contributed by atoms with van der Waals surface area (Å²) in [5, 5.41) is 12.6. The van der Waals surface area contributed by atoms with Crippen molar-refractivity contribution in [1.29, 1.82) is 0 Å². The minimum Gasteiger partial charge on any atom is -0.368 e. The van der Waals surface area contributed by atoms with Gasteiger partial charge >= 0.3 is 0 Å². The van der Waals surface area contributed by atoms with Gasteiger partial charge in [-0.05, 0) is 22.4 Å². The molecule has 0 bridgehead atoms. The summed E-state index contributed by atoms with van der Waals surface area (Å²) in [7, 11) is 0. The molecule has 0 saturated heterocycles. The molecule has 4 heteroatoms. The molecule has 2 aromatic rings. The highest BCUT2D eigenvalue weighted by molar-refractivity contribution is 5.83. The maximum absolute atomic E-state index is 10.6. The maximum atomic E-state index is 10.6. The van der Waals surface area contributed by atoms with Crippen molar-refractivity contribution in [2.24, 2.45) is 5.73 Å². The third kappa shape index (κ3) is 3.03. The first kappa shape index (κ1) is 11.6. The molecule has 0 saturated carbocycles. The Morgan fingerprint density at radius 3 is 2.59 bits per heavy atom. The second kappa shape index (κ2) is 4.95. The number of hydrogen-bond donors (Lipinski definition) is 2. The quantitative estimate of drug-likeness (QED) is 0.782. The van der Waals surface area contributed by atoms with E-state index in [1.54, 1.807) is 0 Å². The fraction of sp³-hybridized carbons (Fsp3) is 0.154. The Balaban J connectivity index is 2.16. The van der Waals surface area contributed by atoms with E-state index in [1.807, 2.05) is 42.5 Å². The molecule has 0 unspecified atom stereocenters. The van der Waals surface area contributed by atoms with E-state index >= 15 is 0 Å². The predicted molar refractivity (Wildman–Crippen MR) is 65.3 cm³/mol. The summed E-state index contributed by atoms with van der Waals surface area (Å²) in [5.74, 6) is -0.548. The normalized spacial score (nSPS) is 10.9. The van der Waals surface area contributed by atoms with Crippen molar-refractivity contribution in [3.05, 3.63) is 48.0 Å². The first-order chi connectivity index (χ1) is 8.15. The van der Waals surface area contributed by atoms with Gasteiger partial charge in [0.15, 0.2) is 0 Å². The average molecular weight is 230 g/mol. The number of rotatable bonds is 4. The average Bonchev–Trinajstić information content (AvgIpc) is 2.27. The van der Waals surface area contributed by atoms with Crippen LogP contribution in [0.4, 0.5) is 0 Å². The second-order valence-corrected chi connectivity index (χ2v) is 3.97. The fourth-order valence-electron chi connectivity index (χ4n) is 1.78. The number of nitrogens with two attached hydrogens (primary N) is 1. The summed E-state index contributed by atoms with van der Waals surface area (Å²) in [6.07, 6.45) is 0. The number of benzene rings is 2. The molecule has 0 radical (unpaired) electrons. The highest BCUT2D eigenvalue weighted by Crippen LogP contribution is 2.16. The van der Waals surface area contributed by atoms with Crippen LogP contribution in [0.25, 0.3) is 10.8 Å². The van der Waals surface area contributed by atoms with Gasteiger partial charge in [-0.15, -0.1) is 0 Å². The minimum atomic E-state index is -0.548. The van der Waals surface area contributed by atoms with Crippen LogP contribution in [0.3, 0.4) is 0 Å². The van der Waals surface area contributed by atoms with E-state index in [4.69, 9.17) is 5.73 Å². The number of hydroxylamine groups is 2. The number of carbonyl (C=O) groups excluding carboxylic acids is 1. The Morgan fingerprint density at radius 2 is 1.88 bits per heavy atom. The van der Waals surface area contributed by atoms with Crippen LogP contribution >= 0.6 is 0 Å². The molecule has 0 fully saturated rings. The molecule has 0 atom stereocenters. The first-order valence-corrected chi connectivity index (χ1v) is 5.35. The number of primary amides is 1. The summed E-state index contributed by atoms with van der Waals surface area (Å²) in [5.41, 5.74) is 5.93. The zero-order valence-corrected chi connectivity index (χ0v) is 9.34. The minimum absolute atomic E-state index is 0.160. The van der Waals surface area contributed by atoms with Crippen LogP contribution in [0, 0.1) is 0 Å². The topological polar surface area (TPSA) is 66.6 Å². The molecule has 0 aliphatic rings. The van der Waals surface area contributed by atoms with E-state index in [9.17, 15) is 10.0 Å². The number of amides is 1. The molecule has 0 spiro atoms. The Hall–Kier alpha value is -1.91. The standard InChI is InChI=1S/C13H14N2O2/c14-13(16)9-15(17)8-10-5-6-11-3-1-2-4-12(11)7-10/h1-7,17H,8-9H2,(H2,14,16). The maximum Gasteiger partial charge on any atom is 0.234 e. The number of hydrogen-bond acceptors (Lipinski definition) is 3. The lowest BCUT2D eigenvalue weighted by Crippen LogP contribution is -2.30. The summed E-state index contributed by atoms with van der Waals surface area (Å²) in [6, 6.07) is 13.9. The van der Waals surface area contributed by atoms with Gasteiger partial charge in [0.25, 0.3) is 0 Å². The van der Waals surface area contributed by atoms with Crippen LogP contribution in [-0.4, -0.2) is 22.7 Å². The van der Waals surface area contributed by atoms with Crippen LogP contribution in [0.5, 0.6) is 0 Å². The smallest absolute Gasteiger partial charge is 0.234 e. The van der Waals surface area contributed by atoms with Crippen LogP contribution in [0.1, 0.15) is 5.56 Å². The number of nitrogens with zero attached hydrogens (tertiary/aromatic N) is 1. The van der Waals surface area contributed by atoms with Gasteiger partial charge in [-0.2, -0.15) is 5.06 Å². The Morgan fingerprint density at radius 1 is 1.18 bits per heavy atom. The molecule has 2 rings (SSSR count). The monoisotopic (exact) mass is 230 g/mol. The molecule has 88 valence electrons. The van der Waals surface area contributed by atoms with Crippen LogP contribution in [0.15, 0.2) is 42.5 Å². The van der Waals surface area contributed by atoms with Crippen LogP contribution in [-0.2, 0) is 11.3 Å². The molecule has 17 heavy (non-hydrogen) atoms. The zero-order chi connectivity index (χ0) is 12.3. The van der Waals surface area contributed by atoms with Crippen molar-refractivity contribution < 1.29 is 10.0 Å².